The summed E-state index contributed by atoms with van der Waals surface area (Å²) in [6, 6.07) is 6.66. The highest BCUT2D eigenvalue weighted by atomic mass is 16.4. The number of urea groups is 1. The molecule has 2 N–H and O–H groups in total. The number of nitrogens with zero attached hydrogens (tertiary/aromatic N) is 2. The molecule has 0 saturated carbocycles. The van der Waals surface area contributed by atoms with Crippen LogP contribution in [0.25, 0.3) is 0 Å². The molecule has 0 atom stereocenters. The Hall–Kier alpha value is -2.57. The minimum absolute atomic E-state index is 0.0700. The summed E-state index contributed by atoms with van der Waals surface area (Å²) in [5.41, 5.74) is 1.20. The fourth-order valence-corrected chi connectivity index (χ4v) is 2.19. The Labute approximate surface area is 122 Å². The number of aliphatic carboxylic acids is 1. The molecule has 0 fully saturated rings. The van der Waals surface area contributed by atoms with Crippen LogP contribution < -0.4 is 10.2 Å². The zero-order valence-corrected chi connectivity index (χ0v) is 11.7. The molecular weight excluding hydrogens is 274 g/mol. The maximum Gasteiger partial charge on any atom is 0.325 e. The SMILES string of the molecule is CCN(CCC(=O)O)C(=O)N1CC(=O)Nc2ccccc21. The number of rotatable bonds is 4. The average molecular weight is 291 g/mol. The molecule has 0 radical (unpaired) electrons. The van der Waals surface area contributed by atoms with Crippen molar-refractivity contribution in [2.45, 2.75) is 13.3 Å². The first-order valence-corrected chi connectivity index (χ1v) is 6.70. The van der Waals surface area contributed by atoms with Gasteiger partial charge in [-0.2, -0.15) is 0 Å². The summed E-state index contributed by atoms with van der Waals surface area (Å²) < 4.78 is 0. The normalized spacial score (nSPS) is 13.4. The Kier molecular flexibility index (Phi) is 4.42. The zero-order chi connectivity index (χ0) is 15.4. The highest BCUT2D eigenvalue weighted by molar-refractivity contribution is 6.09. The van der Waals surface area contributed by atoms with Crippen LogP contribution in [0.4, 0.5) is 16.2 Å². The smallest absolute Gasteiger partial charge is 0.325 e. The van der Waals surface area contributed by atoms with E-state index in [1.165, 1.54) is 9.80 Å². The van der Waals surface area contributed by atoms with Crippen molar-refractivity contribution in [1.29, 1.82) is 0 Å². The van der Waals surface area contributed by atoms with Crippen LogP contribution in [0.3, 0.4) is 0 Å². The molecule has 0 spiro atoms. The second-order valence-corrected chi connectivity index (χ2v) is 4.66. The second-order valence-electron chi connectivity index (χ2n) is 4.66. The number of anilines is 2. The number of carbonyl (C=O) groups is 3. The van der Waals surface area contributed by atoms with Crippen molar-refractivity contribution < 1.29 is 19.5 Å². The molecule has 1 heterocycles. The molecule has 7 heteroatoms. The number of para-hydroxylation sites is 2. The van der Waals surface area contributed by atoms with Crippen molar-refractivity contribution in [3.8, 4) is 0 Å². The minimum Gasteiger partial charge on any atom is -0.481 e. The van der Waals surface area contributed by atoms with Crippen molar-refractivity contribution in [2.24, 2.45) is 0 Å². The minimum atomic E-state index is -0.960. The van der Waals surface area contributed by atoms with E-state index in [4.69, 9.17) is 5.11 Å². The summed E-state index contributed by atoms with van der Waals surface area (Å²) in [4.78, 5) is 37.7. The maximum absolute atomic E-state index is 12.5. The molecule has 0 aromatic heterocycles. The average Bonchev–Trinajstić information content (AvgIpc) is 2.46. The van der Waals surface area contributed by atoms with Gasteiger partial charge in [0.2, 0.25) is 5.91 Å². The van der Waals surface area contributed by atoms with Crippen LogP contribution in [0, 0.1) is 0 Å². The Morgan fingerprint density at radius 2 is 2.10 bits per heavy atom. The number of amides is 3. The van der Waals surface area contributed by atoms with Crippen molar-refractivity contribution in [1.82, 2.24) is 4.90 Å². The van der Waals surface area contributed by atoms with E-state index >= 15 is 0 Å². The lowest BCUT2D eigenvalue weighted by Gasteiger charge is -2.33. The summed E-state index contributed by atoms with van der Waals surface area (Å²) in [6.07, 6.45) is -0.124. The number of carbonyl (C=O) groups excluding carboxylic acids is 2. The van der Waals surface area contributed by atoms with Gasteiger partial charge in [0.15, 0.2) is 0 Å². The quantitative estimate of drug-likeness (QED) is 0.876. The molecule has 1 aliphatic heterocycles. The predicted molar refractivity (Wildman–Crippen MR) is 77.3 cm³/mol. The molecule has 1 aromatic rings. The molecule has 0 bridgehead atoms. The van der Waals surface area contributed by atoms with Crippen LogP contribution in [0.1, 0.15) is 13.3 Å². The largest absolute Gasteiger partial charge is 0.481 e. The van der Waals surface area contributed by atoms with E-state index in [9.17, 15) is 14.4 Å². The van der Waals surface area contributed by atoms with Crippen molar-refractivity contribution >= 4 is 29.3 Å². The lowest BCUT2D eigenvalue weighted by Crippen LogP contribution is -2.49. The topological polar surface area (TPSA) is 90.0 Å². The third-order valence-electron chi connectivity index (χ3n) is 3.25. The molecule has 1 aliphatic rings. The van der Waals surface area contributed by atoms with Gasteiger partial charge in [0, 0.05) is 13.1 Å². The van der Waals surface area contributed by atoms with Crippen molar-refractivity contribution in [3.63, 3.8) is 0 Å². The van der Waals surface area contributed by atoms with Gasteiger partial charge < -0.3 is 15.3 Å². The van der Waals surface area contributed by atoms with E-state index < -0.39 is 5.97 Å². The van der Waals surface area contributed by atoms with Crippen LogP contribution in [0.5, 0.6) is 0 Å². The Bertz CT molecular complexity index is 573. The summed E-state index contributed by atoms with van der Waals surface area (Å²) >= 11 is 0. The molecule has 0 unspecified atom stereocenters. The Balaban J connectivity index is 2.21. The molecule has 7 nitrogen and oxygen atoms in total. The molecule has 3 amide bonds. The molecule has 2 rings (SSSR count). The fourth-order valence-electron chi connectivity index (χ4n) is 2.19. The van der Waals surface area contributed by atoms with E-state index in [1.807, 2.05) is 0 Å². The Morgan fingerprint density at radius 1 is 1.38 bits per heavy atom. The lowest BCUT2D eigenvalue weighted by atomic mass is 10.2. The van der Waals surface area contributed by atoms with Gasteiger partial charge in [-0.15, -0.1) is 0 Å². The van der Waals surface area contributed by atoms with E-state index in [-0.39, 0.29) is 31.4 Å². The first-order chi connectivity index (χ1) is 10.0. The molecule has 1 aromatic carbocycles. The van der Waals surface area contributed by atoms with Crippen LogP contribution in [-0.4, -0.2) is 47.5 Å². The van der Waals surface area contributed by atoms with Gasteiger partial charge in [-0.3, -0.25) is 14.5 Å². The summed E-state index contributed by atoms with van der Waals surface area (Å²) in [5, 5.41) is 11.4. The van der Waals surface area contributed by atoms with Crippen LogP contribution in [0.15, 0.2) is 24.3 Å². The lowest BCUT2D eigenvalue weighted by molar-refractivity contribution is -0.137. The second kappa shape index (κ2) is 6.25. The summed E-state index contributed by atoms with van der Waals surface area (Å²) in [5.74, 6) is -1.23. The predicted octanol–water partition coefficient (Wildman–Crippen LogP) is 1.36. The van der Waals surface area contributed by atoms with Crippen LogP contribution >= 0.6 is 0 Å². The number of hydrogen-bond acceptors (Lipinski definition) is 3. The first-order valence-electron chi connectivity index (χ1n) is 6.70. The Morgan fingerprint density at radius 3 is 2.76 bits per heavy atom. The third kappa shape index (κ3) is 3.31. The van der Waals surface area contributed by atoms with Crippen LogP contribution in [0.2, 0.25) is 0 Å². The fraction of sp³-hybridized carbons (Fsp3) is 0.357. The monoisotopic (exact) mass is 291 g/mol. The van der Waals surface area contributed by atoms with Crippen molar-refractivity contribution in [2.75, 3.05) is 29.9 Å². The third-order valence-corrected chi connectivity index (χ3v) is 3.25. The van der Waals surface area contributed by atoms with Gasteiger partial charge in [-0.1, -0.05) is 12.1 Å². The van der Waals surface area contributed by atoms with E-state index in [0.29, 0.717) is 17.9 Å². The van der Waals surface area contributed by atoms with Gasteiger partial charge in [0.05, 0.1) is 17.8 Å². The van der Waals surface area contributed by atoms with E-state index in [1.54, 1.807) is 31.2 Å². The van der Waals surface area contributed by atoms with Gasteiger partial charge in [0.25, 0.3) is 0 Å². The van der Waals surface area contributed by atoms with Gasteiger partial charge in [0.1, 0.15) is 6.54 Å². The van der Waals surface area contributed by atoms with E-state index in [0.717, 1.165) is 0 Å². The number of carboxylic acid groups (broad SMARTS) is 1. The first kappa shape index (κ1) is 14.8. The maximum atomic E-state index is 12.5. The number of carboxylic acids is 1. The molecular formula is C14H17N3O4. The number of hydrogen-bond donors (Lipinski definition) is 2. The highest BCUT2D eigenvalue weighted by Crippen LogP contribution is 2.29. The number of nitrogens with one attached hydrogen (secondary N) is 1. The number of fused-ring (bicyclic) bond motifs is 1. The van der Waals surface area contributed by atoms with Gasteiger partial charge >= 0.3 is 12.0 Å². The summed E-state index contributed by atoms with van der Waals surface area (Å²) in [7, 11) is 0. The standard InChI is InChI=1S/C14H17N3O4/c1-2-16(8-7-13(19)20)14(21)17-9-12(18)15-10-5-3-4-6-11(10)17/h3-6H,2,7-9H2,1H3,(H,15,18)(H,19,20). The van der Waals surface area contributed by atoms with Crippen LogP contribution in [-0.2, 0) is 9.59 Å². The highest BCUT2D eigenvalue weighted by Gasteiger charge is 2.29. The summed E-state index contributed by atoms with van der Waals surface area (Å²) in [6.45, 7) is 2.20. The molecule has 112 valence electrons. The zero-order valence-electron chi connectivity index (χ0n) is 11.7. The molecule has 0 saturated heterocycles. The van der Waals surface area contributed by atoms with E-state index in [2.05, 4.69) is 5.32 Å². The number of benzene rings is 1. The van der Waals surface area contributed by atoms with Gasteiger partial charge in [-0.25, -0.2) is 4.79 Å². The van der Waals surface area contributed by atoms with Crippen molar-refractivity contribution in [3.05, 3.63) is 24.3 Å². The molecule has 0 aliphatic carbocycles. The molecule has 21 heavy (non-hydrogen) atoms. The van der Waals surface area contributed by atoms with Gasteiger partial charge in [-0.05, 0) is 19.1 Å².